The summed E-state index contributed by atoms with van der Waals surface area (Å²) in [5.74, 6) is 2.94. The number of anilines is 3. The fraction of sp³-hybridized carbons (Fsp3) is 0.273. The molecule has 6 nitrogen and oxygen atoms in total. The third-order valence-corrected chi connectivity index (χ3v) is 4.42. The molecule has 0 amide bonds. The lowest BCUT2D eigenvalue weighted by molar-refractivity contribution is 0.355. The zero-order chi connectivity index (χ0) is 19.9. The molecule has 0 unspecified atom stereocenters. The lowest BCUT2D eigenvalue weighted by Gasteiger charge is -2.28. The van der Waals surface area contributed by atoms with Crippen LogP contribution in [0.15, 0.2) is 60.9 Å². The van der Waals surface area contributed by atoms with Crippen molar-refractivity contribution in [1.29, 1.82) is 0 Å². The summed E-state index contributed by atoms with van der Waals surface area (Å²) in [5, 5.41) is 3.31. The minimum Gasteiger partial charge on any atom is -0.493 e. The summed E-state index contributed by atoms with van der Waals surface area (Å²) < 4.78 is 10.7. The van der Waals surface area contributed by atoms with E-state index in [4.69, 9.17) is 9.47 Å². The van der Waals surface area contributed by atoms with E-state index in [2.05, 4.69) is 58.3 Å². The molecule has 1 heterocycles. The van der Waals surface area contributed by atoms with Gasteiger partial charge < -0.3 is 19.7 Å². The minimum atomic E-state index is 0.295. The number of benzene rings is 2. The Morgan fingerprint density at radius 3 is 2.36 bits per heavy atom. The lowest BCUT2D eigenvalue weighted by Crippen LogP contribution is -2.31. The third kappa shape index (κ3) is 4.71. The van der Waals surface area contributed by atoms with Crippen molar-refractivity contribution in [2.24, 2.45) is 0 Å². The van der Waals surface area contributed by atoms with Crippen LogP contribution in [0.25, 0.3) is 0 Å². The second-order valence-corrected chi connectivity index (χ2v) is 6.66. The molecule has 2 aromatic carbocycles. The van der Waals surface area contributed by atoms with Crippen molar-refractivity contribution >= 4 is 17.3 Å². The molecule has 0 aliphatic rings. The Hall–Kier alpha value is -3.28. The van der Waals surface area contributed by atoms with Crippen molar-refractivity contribution in [2.75, 3.05) is 24.4 Å². The normalized spacial score (nSPS) is 10.6. The molecule has 28 heavy (non-hydrogen) atoms. The number of hydrogen-bond acceptors (Lipinski definition) is 6. The van der Waals surface area contributed by atoms with Crippen LogP contribution in [0.3, 0.4) is 0 Å². The standard InChI is InChI=1S/C22H26N4O2/c1-16(2)26(14-17-8-6-5-7-9-17)22-13-21(23-15-24-22)25-18-10-11-19(27-3)20(12-18)28-4/h5-13,15-16H,14H2,1-4H3,(H,23,24,25). The zero-order valence-electron chi connectivity index (χ0n) is 16.7. The van der Waals surface area contributed by atoms with E-state index < -0.39 is 0 Å². The van der Waals surface area contributed by atoms with Crippen LogP contribution in [0.4, 0.5) is 17.3 Å². The van der Waals surface area contributed by atoms with Crippen molar-refractivity contribution in [3.63, 3.8) is 0 Å². The van der Waals surface area contributed by atoms with Gasteiger partial charge in [-0.25, -0.2) is 9.97 Å². The Balaban J connectivity index is 1.82. The monoisotopic (exact) mass is 378 g/mol. The quantitative estimate of drug-likeness (QED) is 0.616. The SMILES string of the molecule is COc1ccc(Nc2cc(N(Cc3ccccc3)C(C)C)ncn2)cc1OC. The molecule has 1 aromatic heterocycles. The van der Waals surface area contributed by atoms with Gasteiger partial charge >= 0.3 is 0 Å². The predicted octanol–water partition coefficient (Wildman–Crippen LogP) is 4.65. The Labute approximate surface area is 166 Å². The van der Waals surface area contributed by atoms with Crippen molar-refractivity contribution in [3.8, 4) is 11.5 Å². The van der Waals surface area contributed by atoms with Crippen molar-refractivity contribution in [1.82, 2.24) is 9.97 Å². The van der Waals surface area contributed by atoms with Gasteiger partial charge in [0.2, 0.25) is 0 Å². The van der Waals surface area contributed by atoms with E-state index in [1.54, 1.807) is 20.5 Å². The van der Waals surface area contributed by atoms with Crippen molar-refractivity contribution in [2.45, 2.75) is 26.4 Å². The largest absolute Gasteiger partial charge is 0.493 e. The minimum absolute atomic E-state index is 0.295. The van der Waals surface area contributed by atoms with E-state index in [1.165, 1.54) is 5.56 Å². The van der Waals surface area contributed by atoms with Crippen LogP contribution in [-0.2, 0) is 6.54 Å². The van der Waals surface area contributed by atoms with Gasteiger partial charge in [-0.3, -0.25) is 0 Å². The van der Waals surface area contributed by atoms with Crippen molar-refractivity contribution in [3.05, 3.63) is 66.5 Å². The van der Waals surface area contributed by atoms with Gasteiger partial charge in [-0.2, -0.15) is 0 Å². The van der Waals surface area contributed by atoms with Crippen molar-refractivity contribution < 1.29 is 9.47 Å². The molecule has 3 aromatic rings. The molecular weight excluding hydrogens is 352 g/mol. The van der Waals surface area contributed by atoms with Gasteiger partial charge in [0.1, 0.15) is 18.0 Å². The number of rotatable bonds is 8. The van der Waals surface area contributed by atoms with E-state index in [0.717, 1.165) is 23.9 Å². The molecule has 0 aliphatic heterocycles. The molecule has 0 bridgehead atoms. The van der Waals surface area contributed by atoms with E-state index in [-0.39, 0.29) is 0 Å². The summed E-state index contributed by atoms with van der Waals surface area (Å²) in [7, 11) is 3.24. The van der Waals surface area contributed by atoms with Crippen LogP contribution in [0.5, 0.6) is 11.5 Å². The van der Waals surface area contributed by atoms with E-state index >= 15 is 0 Å². The lowest BCUT2D eigenvalue weighted by atomic mass is 10.2. The maximum absolute atomic E-state index is 5.37. The van der Waals surface area contributed by atoms with Gasteiger partial charge in [-0.1, -0.05) is 30.3 Å². The first-order valence-electron chi connectivity index (χ1n) is 9.22. The van der Waals surface area contributed by atoms with Crippen LogP contribution >= 0.6 is 0 Å². The van der Waals surface area contributed by atoms with Crippen LogP contribution in [0.2, 0.25) is 0 Å². The number of aromatic nitrogens is 2. The molecule has 0 saturated carbocycles. The Morgan fingerprint density at radius 2 is 1.68 bits per heavy atom. The van der Waals surface area contributed by atoms with Crippen LogP contribution < -0.4 is 19.7 Å². The highest BCUT2D eigenvalue weighted by molar-refractivity contribution is 5.63. The summed E-state index contributed by atoms with van der Waals surface area (Å²) in [6.45, 7) is 5.10. The molecule has 0 spiro atoms. The number of hydrogen-bond donors (Lipinski definition) is 1. The van der Waals surface area contributed by atoms with Gasteiger partial charge in [0.15, 0.2) is 11.5 Å². The first kappa shape index (κ1) is 19.5. The molecule has 0 atom stereocenters. The maximum atomic E-state index is 5.37. The molecule has 1 N–H and O–H groups in total. The first-order chi connectivity index (χ1) is 13.6. The highest BCUT2D eigenvalue weighted by Gasteiger charge is 2.14. The number of methoxy groups -OCH3 is 2. The number of nitrogens with one attached hydrogen (secondary N) is 1. The Morgan fingerprint density at radius 1 is 0.929 bits per heavy atom. The van der Waals surface area contributed by atoms with Gasteiger partial charge in [-0.15, -0.1) is 0 Å². The fourth-order valence-corrected chi connectivity index (χ4v) is 2.94. The summed E-state index contributed by atoms with van der Waals surface area (Å²) in [6, 6.07) is 18.3. The van der Waals surface area contributed by atoms with Crippen LogP contribution in [0.1, 0.15) is 19.4 Å². The summed E-state index contributed by atoms with van der Waals surface area (Å²) >= 11 is 0. The smallest absolute Gasteiger partial charge is 0.162 e. The average molecular weight is 378 g/mol. The molecule has 0 saturated heterocycles. The molecular formula is C22H26N4O2. The van der Waals surface area contributed by atoms with Gasteiger partial charge in [0, 0.05) is 30.4 Å². The summed E-state index contributed by atoms with van der Waals surface area (Å²) in [4.78, 5) is 11.1. The van der Waals surface area contributed by atoms with E-state index in [1.807, 2.05) is 30.3 Å². The third-order valence-electron chi connectivity index (χ3n) is 4.42. The second kappa shape index (κ2) is 9.08. The Kier molecular flexibility index (Phi) is 6.32. The average Bonchev–Trinajstić information content (AvgIpc) is 2.72. The molecule has 3 rings (SSSR count). The summed E-state index contributed by atoms with van der Waals surface area (Å²) in [6.07, 6.45) is 1.58. The molecule has 0 radical (unpaired) electrons. The van der Waals surface area contributed by atoms with Crippen LogP contribution in [0, 0.1) is 0 Å². The topological polar surface area (TPSA) is 59.5 Å². The number of ether oxygens (including phenoxy) is 2. The molecule has 146 valence electrons. The second-order valence-electron chi connectivity index (χ2n) is 6.66. The number of nitrogens with zero attached hydrogens (tertiary/aromatic N) is 3. The fourth-order valence-electron chi connectivity index (χ4n) is 2.94. The van der Waals surface area contributed by atoms with Gasteiger partial charge in [-0.05, 0) is 31.5 Å². The van der Waals surface area contributed by atoms with Gasteiger partial charge in [0.25, 0.3) is 0 Å². The highest BCUT2D eigenvalue weighted by Crippen LogP contribution is 2.31. The summed E-state index contributed by atoms with van der Waals surface area (Å²) in [5.41, 5.74) is 2.10. The van der Waals surface area contributed by atoms with E-state index in [9.17, 15) is 0 Å². The first-order valence-corrected chi connectivity index (χ1v) is 9.22. The maximum Gasteiger partial charge on any atom is 0.162 e. The Bertz CT molecular complexity index is 900. The highest BCUT2D eigenvalue weighted by atomic mass is 16.5. The van der Waals surface area contributed by atoms with Gasteiger partial charge in [0.05, 0.1) is 14.2 Å². The zero-order valence-corrected chi connectivity index (χ0v) is 16.7. The molecule has 6 heteroatoms. The molecule has 0 fully saturated rings. The predicted molar refractivity (Wildman–Crippen MR) is 113 cm³/mol. The van der Waals surface area contributed by atoms with E-state index in [0.29, 0.717) is 17.5 Å². The van der Waals surface area contributed by atoms with Crippen LogP contribution in [-0.4, -0.2) is 30.2 Å². The molecule has 0 aliphatic carbocycles.